The zero-order chi connectivity index (χ0) is 12.4. The van der Waals surface area contributed by atoms with Crippen molar-refractivity contribution >= 4 is 10.9 Å². The number of H-pyrrole nitrogens is 1. The van der Waals surface area contributed by atoms with Gasteiger partial charge in [-0.2, -0.15) is 0 Å². The average Bonchev–Trinajstić information content (AvgIpc) is 2.88. The monoisotopic (exact) mass is 234 g/mol. The van der Waals surface area contributed by atoms with Gasteiger partial charge in [0.05, 0.1) is 0 Å². The van der Waals surface area contributed by atoms with Crippen LogP contribution >= 0.6 is 0 Å². The highest BCUT2D eigenvalue weighted by Crippen LogP contribution is 2.29. The highest BCUT2D eigenvalue weighted by molar-refractivity contribution is 5.80. The molecule has 1 atom stereocenters. The number of hydrogen-bond acceptors (Lipinski definition) is 0. The van der Waals surface area contributed by atoms with Gasteiger partial charge in [-0.3, -0.25) is 0 Å². The van der Waals surface area contributed by atoms with Gasteiger partial charge in [0.15, 0.2) is 0 Å². The number of fused-ring (bicyclic) bond motifs is 1. The molecule has 2 aromatic carbocycles. The van der Waals surface area contributed by atoms with Crippen LogP contribution < -0.4 is 0 Å². The fourth-order valence-electron chi connectivity index (χ4n) is 2.50. The molecule has 1 aromatic heterocycles. The first-order chi connectivity index (χ1) is 8.88. The fraction of sp³-hybridized carbons (Fsp3) is 0.118. The molecule has 0 bridgehead atoms. The minimum Gasteiger partial charge on any atom is -0.361 e. The van der Waals surface area contributed by atoms with Crippen LogP contribution in [0.3, 0.4) is 0 Å². The highest BCUT2D eigenvalue weighted by atomic mass is 14.7. The standard InChI is InChI=1S/C17H16N/c1-2-16(13-6-4-3-5-7-13)14-8-9-17-15(12-14)10-11-18-17/h3-12,16,18H,1-2H2. The van der Waals surface area contributed by atoms with Crippen molar-refractivity contribution in [2.24, 2.45) is 0 Å². The molecule has 0 spiro atoms. The Morgan fingerprint density at radius 3 is 2.56 bits per heavy atom. The second-order valence-corrected chi connectivity index (χ2v) is 4.58. The summed E-state index contributed by atoms with van der Waals surface area (Å²) >= 11 is 0. The molecule has 0 aliphatic rings. The molecule has 89 valence electrons. The minimum atomic E-state index is 0.380. The molecule has 1 heteroatoms. The second kappa shape index (κ2) is 4.69. The van der Waals surface area contributed by atoms with Crippen molar-refractivity contribution < 1.29 is 0 Å². The lowest BCUT2D eigenvalue weighted by atomic mass is 9.89. The fourth-order valence-corrected chi connectivity index (χ4v) is 2.50. The van der Waals surface area contributed by atoms with E-state index < -0.39 is 0 Å². The number of benzene rings is 2. The summed E-state index contributed by atoms with van der Waals surface area (Å²) in [6.45, 7) is 4.10. The third-order valence-electron chi connectivity index (χ3n) is 3.47. The smallest absolute Gasteiger partial charge is 0.0454 e. The molecule has 1 heterocycles. The van der Waals surface area contributed by atoms with Crippen molar-refractivity contribution in [3.63, 3.8) is 0 Å². The van der Waals surface area contributed by atoms with Gasteiger partial charge in [0.1, 0.15) is 0 Å². The summed E-state index contributed by atoms with van der Waals surface area (Å²) < 4.78 is 0. The minimum absolute atomic E-state index is 0.380. The van der Waals surface area contributed by atoms with Crippen LogP contribution in [0.25, 0.3) is 10.9 Å². The van der Waals surface area contributed by atoms with Crippen molar-refractivity contribution in [3.05, 3.63) is 78.8 Å². The molecule has 1 N–H and O–H groups in total. The topological polar surface area (TPSA) is 15.8 Å². The van der Waals surface area contributed by atoms with Crippen LogP contribution in [0.15, 0.2) is 60.8 Å². The predicted molar refractivity (Wildman–Crippen MR) is 76.6 cm³/mol. The van der Waals surface area contributed by atoms with Gasteiger partial charge >= 0.3 is 0 Å². The Kier molecular flexibility index (Phi) is 2.89. The maximum atomic E-state index is 4.10. The lowest BCUT2D eigenvalue weighted by Crippen LogP contribution is -1.99. The predicted octanol–water partition coefficient (Wildman–Crippen LogP) is 4.52. The largest absolute Gasteiger partial charge is 0.361 e. The molecule has 1 radical (unpaired) electrons. The summed E-state index contributed by atoms with van der Waals surface area (Å²) in [5.41, 5.74) is 3.86. The molecular formula is C17H16N. The van der Waals surface area contributed by atoms with Crippen LogP contribution in [0, 0.1) is 6.92 Å². The quantitative estimate of drug-likeness (QED) is 0.685. The molecule has 0 fully saturated rings. The Bertz CT molecular complexity index is 637. The molecule has 0 amide bonds. The Hall–Kier alpha value is -2.02. The first kappa shape index (κ1) is 11.1. The second-order valence-electron chi connectivity index (χ2n) is 4.58. The van der Waals surface area contributed by atoms with Crippen LogP contribution in [-0.2, 0) is 0 Å². The van der Waals surface area contributed by atoms with Crippen LogP contribution in [-0.4, -0.2) is 4.98 Å². The summed E-state index contributed by atoms with van der Waals surface area (Å²) in [5.74, 6) is 0.380. The van der Waals surface area contributed by atoms with Gasteiger partial charge in [-0.05, 0) is 41.1 Å². The summed E-state index contributed by atoms with van der Waals surface area (Å²) in [6.07, 6.45) is 2.86. The summed E-state index contributed by atoms with van der Waals surface area (Å²) in [7, 11) is 0. The Balaban J connectivity index is 2.05. The number of aromatic nitrogens is 1. The number of aromatic amines is 1. The third-order valence-corrected chi connectivity index (χ3v) is 3.47. The van der Waals surface area contributed by atoms with E-state index in [2.05, 4.69) is 66.5 Å². The SMILES string of the molecule is [CH2]CC(c1ccccc1)c1ccc2[nH]ccc2c1. The number of hydrogen-bond donors (Lipinski definition) is 1. The van der Waals surface area contributed by atoms with E-state index in [0.29, 0.717) is 5.92 Å². The van der Waals surface area contributed by atoms with E-state index in [1.54, 1.807) is 0 Å². The van der Waals surface area contributed by atoms with E-state index in [-0.39, 0.29) is 0 Å². The molecular weight excluding hydrogens is 218 g/mol. The lowest BCUT2D eigenvalue weighted by molar-refractivity contribution is 0.829. The molecule has 1 unspecified atom stereocenters. The Morgan fingerprint density at radius 2 is 1.78 bits per heavy atom. The van der Waals surface area contributed by atoms with Gasteiger partial charge in [-0.1, -0.05) is 43.3 Å². The lowest BCUT2D eigenvalue weighted by Gasteiger charge is -2.16. The molecule has 0 aliphatic heterocycles. The number of rotatable bonds is 3. The first-order valence-electron chi connectivity index (χ1n) is 6.29. The molecule has 1 nitrogen and oxygen atoms in total. The Morgan fingerprint density at radius 1 is 0.944 bits per heavy atom. The van der Waals surface area contributed by atoms with Gasteiger partial charge in [0.25, 0.3) is 0 Å². The maximum Gasteiger partial charge on any atom is 0.0454 e. The van der Waals surface area contributed by atoms with E-state index in [0.717, 1.165) is 6.42 Å². The molecule has 0 aliphatic carbocycles. The molecule has 0 saturated heterocycles. The average molecular weight is 234 g/mol. The third kappa shape index (κ3) is 1.92. The van der Waals surface area contributed by atoms with Crippen molar-refractivity contribution in [1.29, 1.82) is 0 Å². The van der Waals surface area contributed by atoms with Crippen molar-refractivity contribution in [2.45, 2.75) is 12.3 Å². The zero-order valence-corrected chi connectivity index (χ0v) is 10.3. The van der Waals surface area contributed by atoms with Gasteiger partial charge in [0.2, 0.25) is 0 Å². The maximum absolute atomic E-state index is 4.10. The van der Waals surface area contributed by atoms with Gasteiger partial charge in [-0.15, -0.1) is 0 Å². The normalized spacial score (nSPS) is 12.7. The van der Waals surface area contributed by atoms with Crippen LogP contribution in [0.1, 0.15) is 23.5 Å². The molecule has 3 aromatic rings. The molecule has 0 saturated carbocycles. The summed E-state index contributed by atoms with van der Waals surface area (Å²) in [4.78, 5) is 3.23. The summed E-state index contributed by atoms with van der Waals surface area (Å²) in [5, 5.41) is 1.27. The van der Waals surface area contributed by atoms with Gasteiger partial charge in [-0.25, -0.2) is 0 Å². The molecule has 3 rings (SSSR count). The Labute approximate surface area is 107 Å². The van der Waals surface area contributed by atoms with Crippen LogP contribution in [0.2, 0.25) is 0 Å². The van der Waals surface area contributed by atoms with Crippen molar-refractivity contribution in [1.82, 2.24) is 4.98 Å². The van der Waals surface area contributed by atoms with E-state index in [4.69, 9.17) is 0 Å². The van der Waals surface area contributed by atoms with E-state index >= 15 is 0 Å². The van der Waals surface area contributed by atoms with Crippen LogP contribution in [0.5, 0.6) is 0 Å². The number of nitrogens with one attached hydrogen (secondary N) is 1. The van der Waals surface area contributed by atoms with Gasteiger partial charge < -0.3 is 4.98 Å². The zero-order valence-electron chi connectivity index (χ0n) is 10.3. The van der Waals surface area contributed by atoms with Crippen molar-refractivity contribution in [2.75, 3.05) is 0 Å². The van der Waals surface area contributed by atoms with Crippen molar-refractivity contribution in [3.8, 4) is 0 Å². The first-order valence-corrected chi connectivity index (χ1v) is 6.29. The molecule has 18 heavy (non-hydrogen) atoms. The van der Waals surface area contributed by atoms with E-state index in [1.807, 2.05) is 6.20 Å². The van der Waals surface area contributed by atoms with E-state index in [9.17, 15) is 0 Å². The highest BCUT2D eigenvalue weighted by Gasteiger charge is 2.12. The van der Waals surface area contributed by atoms with E-state index in [1.165, 1.54) is 22.0 Å². The van der Waals surface area contributed by atoms with Crippen LogP contribution in [0.4, 0.5) is 0 Å². The van der Waals surface area contributed by atoms with Gasteiger partial charge in [0, 0.05) is 17.6 Å². The summed E-state index contributed by atoms with van der Waals surface area (Å²) in [6, 6.07) is 19.3.